The van der Waals surface area contributed by atoms with Crippen molar-refractivity contribution in [3.63, 3.8) is 0 Å². The fraction of sp³-hybridized carbons (Fsp3) is 0.400. The zero-order chi connectivity index (χ0) is 14.7. The molecule has 1 aliphatic carbocycles. The molecule has 1 N–H and O–H groups in total. The molecule has 0 bridgehead atoms. The van der Waals surface area contributed by atoms with Crippen LogP contribution >= 0.6 is 11.8 Å². The van der Waals surface area contributed by atoms with Crippen LogP contribution in [0.5, 0.6) is 0 Å². The normalized spacial score (nSPS) is 15.5. The van der Waals surface area contributed by atoms with E-state index in [4.69, 9.17) is 0 Å². The van der Waals surface area contributed by atoms with E-state index in [-0.39, 0.29) is 17.4 Å². The van der Waals surface area contributed by atoms with Crippen molar-refractivity contribution in [2.75, 3.05) is 5.75 Å². The molecule has 1 aromatic carbocycles. The van der Waals surface area contributed by atoms with Gasteiger partial charge in [0, 0.05) is 11.5 Å². The number of thioether (sulfide) groups is 1. The Labute approximate surface area is 126 Å². The molecule has 1 heterocycles. The number of hydrogen-bond acceptors (Lipinski definition) is 4. The smallest absolute Gasteiger partial charge is 0.208 e. The second-order valence-corrected chi connectivity index (χ2v) is 6.15. The minimum Gasteiger partial charge on any atom is -0.293 e. The molecule has 3 rings (SSSR count). The number of ketones is 1. The summed E-state index contributed by atoms with van der Waals surface area (Å²) >= 11 is 1.31. The van der Waals surface area contributed by atoms with Gasteiger partial charge in [-0.3, -0.25) is 9.89 Å². The van der Waals surface area contributed by atoms with Gasteiger partial charge in [-0.15, -0.1) is 5.10 Å². The van der Waals surface area contributed by atoms with Crippen molar-refractivity contribution in [2.45, 2.75) is 36.8 Å². The summed E-state index contributed by atoms with van der Waals surface area (Å²) in [4.78, 5) is 16.4. The first-order valence-electron chi connectivity index (χ1n) is 7.06. The van der Waals surface area contributed by atoms with Crippen LogP contribution in [0, 0.1) is 5.82 Å². The topological polar surface area (TPSA) is 58.6 Å². The van der Waals surface area contributed by atoms with Crippen LogP contribution in [0.2, 0.25) is 0 Å². The van der Waals surface area contributed by atoms with Gasteiger partial charge in [0.15, 0.2) is 5.78 Å². The molecule has 1 fully saturated rings. The van der Waals surface area contributed by atoms with Gasteiger partial charge in [-0.1, -0.05) is 24.6 Å². The third kappa shape index (κ3) is 3.50. The van der Waals surface area contributed by atoms with E-state index in [0.29, 0.717) is 16.6 Å². The average Bonchev–Trinajstić information content (AvgIpc) is 3.16. The van der Waals surface area contributed by atoms with E-state index in [9.17, 15) is 9.18 Å². The predicted octanol–water partition coefficient (Wildman–Crippen LogP) is 3.58. The number of carbonyl (C=O) groups excluding carboxylic acids is 1. The monoisotopic (exact) mass is 305 g/mol. The predicted molar refractivity (Wildman–Crippen MR) is 79.0 cm³/mol. The molecule has 0 unspecified atom stereocenters. The largest absolute Gasteiger partial charge is 0.293 e. The quantitative estimate of drug-likeness (QED) is 0.677. The third-order valence-electron chi connectivity index (χ3n) is 3.72. The Kier molecular flexibility index (Phi) is 4.34. The van der Waals surface area contributed by atoms with Gasteiger partial charge in [-0.05, 0) is 37.1 Å². The molecular weight excluding hydrogens is 289 g/mol. The van der Waals surface area contributed by atoms with Gasteiger partial charge in [-0.25, -0.2) is 9.37 Å². The zero-order valence-electron chi connectivity index (χ0n) is 11.5. The minimum absolute atomic E-state index is 0.0489. The standard InChI is InChI=1S/C15H16FN3OS/c16-12-7-5-10(6-8-12)13(20)9-21-15-17-14(18-19-15)11-3-1-2-4-11/h5-8,11H,1-4,9H2,(H,17,18,19). The number of benzene rings is 1. The summed E-state index contributed by atoms with van der Waals surface area (Å²) in [7, 11) is 0. The van der Waals surface area contributed by atoms with E-state index in [1.165, 1.54) is 48.9 Å². The number of H-pyrrole nitrogens is 1. The molecule has 0 atom stereocenters. The number of nitrogens with one attached hydrogen (secondary N) is 1. The average molecular weight is 305 g/mol. The van der Waals surface area contributed by atoms with Crippen molar-refractivity contribution >= 4 is 17.5 Å². The maximum absolute atomic E-state index is 12.8. The fourth-order valence-corrected chi connectivity index (χ4v) is 3.25. The third-order valence-corrected chi connectivity index (χ3v) is 4.57. The molecule has 6 heteroatoms. The zero-order valence-corrected chi connectivity index (χ0v) is 12.3. The molecule has 110 valence electrons. The minimum atomic E-state index is -0.339. The van der Waals surface area contributed by atoms with E-state index in [2.05, 4.69) is 15.2 Å². The lowest BCUT2D eigenvalue weighted by Crippen LogP contribution is -2.02. The van der Waals surface area contributed by atoms with Crippen LogP contribution in [0.25, 0.3) is 0 Å². The van der Waals surface area contributed by atoms with Gasteiger partial charge in [-0.2, -0.15) is 0 Å². The lowest BCUT2D eigenvalue weighted by molar-refractivity contribution is 0.102. The highest BCUT2D eigenvalue weighted by Crippen LogP contribution is 2.32. The Morgan fingerprint density at radius 1 is 1.29 bits per heavy atom. The van der Waals surface area contributed by atoms with Crippen LogP contribution in [-0.4, -0.2) is 26.7 Å². The first-order valence-corrected chi connectivity index (χ1v) is 8.05. The summed E-state index contributed by atoms with van der Waals surface area (Å²) in [6.45, 7) is 0. The van der Waals surface area contributed by atoms with Crippen molar-refractivity contribution in [3.8, 4) is 0 Å². The summed E-state index contributed by atoms with van der Waals surface area (Å²) < 4.78 is 12.8. The molecule has 1 aromatic heterocycles. The number of nitrogens with zero attached hydrogens (tertiary/aromatic N) is 2. The van der Waals surface area contributed by atoms with Gasteiger partial charge >= 0.3 is 0 Å². The van der Waals surface area contributed by atoms with Gasteiger partial charge in [0.25, 0.3) is 0 Å². The van der Waals surface area contributed by atoms with Gasteiger partial charge in [0.2, 0.25) is 5.16 Å². The second-order valence-electron chi connectivity index (χ2n) is 5.20. The van der Waals surface area contributed by atoms with Crippen molar-refractivity contribution in [2.24, 2.45) is 0 Å². The molecule has 1 saturated carbocycles. The maximum Gasteiger partial charge on any atom is 0.208 e. The maximum atomic E-state index is 12.8. The number of hydrogen-bond donors (Lipinski definition) is 1. The number of Topliss-reactive ketones (excluding diaryl/α,β-unsaturated/α-hetero) is 1. The highest BCUT2D eigenvalue weighted by atomic mass is 32.2. The molecule has 0 aliphatic heterocycles. The summed E-state index contributed by atoms with van der Waals surface area (Å²) in [6.07, 6.45) is 4.81. The van der Waals surface area contributed by atoms with Crippen LogP contribution in [-0.2, 0) is 0 Å². The van der Waals surface area contributed by atoms with Crippen LogP contribution in [0.15, 0.2) is 29.4 Å². The molecule has 21 heavy (non-hydrogen) atoms. The van der Waals surface area contributed by atoms with Gasteiger partial charge in [0.1, 0.15) is 11.6 Å². The molecule has 0 saturated heterocycles. The molecule has 1 aliphatic rings. The van der Waals surface area contributed by atoms with E-state index in [1.807, 2.05) is 0 Å². The first kappa shape index (κ1) is 14.3. The SMILES string of the molecule is O=C(CSc1n[nH]c(C2CCCC2)n1)c1ccc(F)cc1. The molecule has 4 nitrogen and oxygen atoms in total. The fourth-order valence-electron chi connectivity index (χ4n) is 2.55. The number of aromatic amines is 1. The van der Waals surface area contributed by atoms with Crippen LogP contribution in [0.1, 0.15) is 47.8 Å². The van der Waals surface area contributed by atoms with Crippen molar-refractivity contribution < 1.29 is 9.18 Å². The Balaban J connectivity index is 1.57. The molecule has 0 radical (unpaired) electrons. The molecule has 0 amide bonds. The van der Waals surface area contributed by atoms with E-state index >= 15 is 0 Å². The number of aromatic nitrogens is 3. The van der Waals surface area contributed by atoms with Crippen molar-refractivity contribution in [3.05, 3.63) is 41.5 Å². The lowest BCUT2D eigenvalue weighted by Gasteiger charge is -2.01. The van der Waals surface area contributed by atoms with Crippen molar-refractivity contribution in [1.82, 2.24) is 15.2 Å². The highest BCUT2D eigenvalue weighted by Gasteiger charge is 2.20. The Morgan fingerprint density at radius 2 is 2.00 bits per heavy atom. The molecular formula is C15H16FN3OS. The van der Waals surface area contributed by atoms with Crippen LogP contribution in [0.3, 0.4) is 0 Å². The number of rotatable bonds is 5. The Morgan fingerprint density at radius 3 is 2.71 bits per heavy atom. The van der Waals surface area contributed by atoms with Crippen LogP contribution < -0.4 is 0 Å². The lowest BCUT2D eigenvalue weighted by atomic mass is 10.1. The van der Waals surface area contributed by atoms with E-state index in [1.54, 1.807) is 0 Å². The summed E-state index contributed by atoms with van der Waals surface area (Å²) in [5.41, 5.74) is 0.510. The van der Waals surface area contributed by atoms with Gasteiger partial charge in [0.05, 0.1) is 5.75 Å². The second kappa shape index (κ2) is 6.39. The van der Waals surface area contributed by atoms with E-state index < -0.39 is 0 Å². The number of carbonyl (C=O) groups is 1. The molecule has 2 aromatic rings. The summed E-state index contributed by atoms with van der Waals surface area (Å²) in [5.74, 6) is 1.29. The summed E-state index contributed by atoms with van der Waals surface area (Å²) in [5, 5.41) is 7.74. The Bertz CT molecular complexity index is 620. The van der Waals surface area contributed by atoms with Crippen molar-refractivity contribution in [1.29, 1.82) is 0 Å². The molecule has 0 spiro atoms. The first-order chi connectivity index (χ1) is 10.2. The Hall–Kier alpha value is -1.69. The highest BCUT2D eigenvalue weighted by molar-refractivity contribution is 7.99. The van der Waals surface area contributed by atoms with E-state index in [0.717, 1.165) is 18.7 Å². The number of halogens is 1. The summed E-state index contributed by atoms with van der Waals surface area (Å²) in [6, 6.07) is 5.59. The van der Waals surface area contributed by atoms with Crippen LogP contribution in [0.4, 0.5) is 4.39 Å². The van der Waals surface area contributed by atoms with Gasteiger partial charge < -0.3 is 0 Å².